The van der Waals surface area contributed by atoms with Gasteiger partial charge in [-0.25, -0.2) is 4.98 Å². The zero-order chi connectivity index (χ0) is 11.1. The number of H-pyrrole nitrogens is 1. The van der Waals surface area contributed by atoms with Crippen LogP contribution in [0, 0.1) is 6.92 Å². The van der Waals surface area contributed by atoms with E-state index in [0.717, 1.165) is 33.7 Å². The van der Waals surface area contributed by atoms with Crippen molar-refractivity contribution >= 4 is 22.4 Å². The highest BCUT2D eigenvalue weighted by atomic mass is 32.1. The van der Waals surface area contributed by atoms with Crippen LogP contribution in [0.3, 0.4) is 0 Å². The Balaban J connectivity index is 2.21. The lowest BCUT2D eigenvalue weighted by atomic mass is 10.1. The van der Waals surface area contributed by atoms with Crippen LogP contribution in [0.5, 0.6) is 0 Å². The fourth-order valence-corrected chi connectivity index (χ4v) is 2.22. The van der Waals surface area contributed by atoms with Crippen molar-refractivity contribution in [1.29, 1.82) is 0 Å². The predicted molar refractivity (Wildman–Crippen MR) is 62.7 cm³/mol. The Kier molecular flexibility index (Phi) is 1.94. The van der Waals surface area contributed by atoms with Gasteiger partial charge in [-0.2, -0.15) is 0 Å². The smallest absolute Gasteiger partial charge is 0.304 e. The second-order valence-corrected chi connectivity index (χ2v) is 4.32. The number of hydrogen-bond acceptors (Lipinski definition) is 4. The minimum atomic E-state index is -0.0520. The topological polar surface area (TPSA) is 58.9 Å². The van der Waals surface area contributed by atoms with Crippen molar-refractivity contribution < 1.29 is 4.42 Å². The molecule has 0 aliphatic carbocycles. The third-order valence-corrected chi connectivity index (χ3v) is 3.00. The van der Waals surface area contributed by atoms with Crippen molar-refractivity contribution in [3.63, 3.8) is 0 Å². The van der Waals surface area contributed by atoms with Crippen molar-refractivity contribution in [3.8, 4) is 11.3 Å². The lowest BCUT2D eigenvalue weighted by molar-refractivity contribution is 0.561. The lowest BCUT2D eigenvalue weighted by Gasteiger charge is -1.95. The van der Waals surface area contributed by atoms with Gasteiger partial charge in [0.2, 0.25) is 0 Å². The SMILES string of the molecule is Cc1nc2ccc(-c3csc(=O)[nH]3)cc2o1. The number of nitrogens with zero attached hydrogens (tertiary/aromatic N) is 1. The molecule has 0 unspecified atom stereocenters. The zero-order valence-corrected chi connectivity index (χ0v) is 9.30. The number of nitrogens with one attached hydrogen (secondary N) is 1. The number of thiazole rings is 1. The van der Waals surface area contributed by atoms with Crippen LogP contribution in [0.2, 0.25) is 0 Å². The molecule has 0 radical (unpaired) electrons. The average molecular weight is 232 g/mol. The maximum atomic E-state index is 11.1. The van der Waals surface area contributed by atoms with Crippen LogP contribution in [0.1, 0.15) is 5.89 Å². The Hall–Kier alpha value is -1.88. The number of fused-ring (bicyclic) bond motifs is 1. The molecule has 1 aromatic carbocycles. The van der Waals surface area contributed by atoms with Crippen LogP contribution in [0.25, 0.3) is 22.4 Å². The molecule has 4 nitrogen and oxygen atoms in total. The van der Waals surface area contributed by atoms with E-state index in [1.54, 1.807) is 5.38 Å². The Morgan fingerprint density at radius 3 is 3.06 bits per heavy atom. The van der Waals surface area contributed by atoms with E-state index in [0.29, 0.717) is 5.89 Å². The molecule has 0 saturated heterocycles. The number of hydrogen-bond donors (Lipinski definition) is 1. The molecule has 2 aromatic heterocycles. The third kappa shape index (κ3) is 1.45. The minimum Gasteiger partial charge on any atom is -0.441 e. The summed E-state index contributed by atoms with van der Waals surface area (Å²) in [6.45, 7) is 1.81. The molecule has 1 N–H and O–H groups in total. The Morgan fingerprint density at radius 1 is 1.44 bits per heavy atom. The molecule has 3 aromatic rings. The maximum Gasteiger partial charge on any atom is 0.304 e. The molecule has 0 saturated carbocycles. The number of aromatic amines is 1. The molecule has 5 heteroatoms. The molecular weight excluding hydrogens is 224 g/mol. The highest BCUT2D eigenvalue weighted by Gasteiger charge is 2.05. The van der Waals surface area contributed by atoms with Gasteiger partial charge in [0, 0.05) is 17.9 Å². The first-order chi connectivity index (χ1) is 7.72. The molecular formula is C11H8N2O2S. The van der Waals surface area contributed by atoms with Gasteiger partial charge in [0.15, 0.2) is 11.5 Å². The van der Waals surface area contributed by atoms with E-state index in [2.05, 4.69) is 9.97 Å². The highest BCUT2D eigenvalue weighted by Crippen LogP contribution is 2.23. The standard InChI is InChI=1S/C11H8N2O2S/c1-6-12-8-3-2-7(4-10(8)15-6)9-5-16-11(14)13-9/h2-5H,1H3,(H,13,14). The van der Waals surface area contributed by atoms with Crippen molar-refractivity contribution in [3.05, 3.63) is 39.1 Å². The summed E-state index contributed by atoms with van der Waals surface area (Å²) in [6, 6.07) is 5.69. The van der Waals surface area contributed by atoms with Crippen LogP contribution in [0.15, 0.2) is 32.8 Å². The van der Waals surface area contributed by atoms with Gasteiger partial charge in [0.25, 0.3) is 0 Å². The van der Waals surface area contributed by atoms with E-state index in [1.165, 1.54) is 0 Å². The van der Waals surface area contributed by atoms with Gasteiger partial charge in [-0.15, -0.1) is 0 Å². The molecule has 0 aliphatic heterocycles. The first-order valence-electron chi connectivity index (χ1n) is 4.78. The van der Waals surface area contributed by atoms with Gasteiger partial charge in [0.1, 0.15) is 5.52 Å². The van der Waals surface area contributed by atoms with Crippen molar-refractivity contribution in [2.45, 2.75) is 6.92 Å². The molecule has 0 spiro atoms. The number of aryl methyl sites for hydroxylation is 1. The van der Waals surface area contributed by atoms with Crippen molar-refractivity contribution in [1.82, 2.24) is 9.97 Å². The molecule has 0 fully saturated rings. The van der Waals surface area contributed by atoms with Crippen LogP contribution in [0.4, 0.5) is 0 Å². The average Bonchev–Trinajstić information content (AvgIpc) is 2.81. The lowest BCUT2D eigenvalue weighted by Crippen LogP contribution is -1.92. The fraction of sp³-hybridized carbons (Fsp3) is 0.0909. The molecule has 2 heterocycles. The van der Waals surface area contributed by atoms with Crippen LogP contribution in [-0.4, -0.2) is 9.97 Å². The van der Waals surface area contributed by atoms with Gasteiger partial charge in [-0.3, -0.25) is 4.79 Å². The van der Waals surface area contributed by atoms with Gasteiger partial charge in [0.05, 0.1) is 5.69 Å². The first-order valence-corrected chi connectivity index (χ1v) is 5.66. The van der Waals surface area contributed by atoms with E-state index < -0.39 is 0 Å². The third-order valence-electron chi connectivity index (χ3n) is 2.33. The van der Waals surface area contributed by atoms with E-state index in [1.807, 2.05) is 25.1 Å². The summed E-state index contributed by atoms with van der Waals surface area (Å²) in [7, 11) is 0. The largest absolute Gasteiger partial charge is 0.441 e. The van der Waals surface area contributed by atoms with Gasteiger partial charge >= 0.3 is 4.87 Å². The van der Waals surface area contributed by atoms with Gasteiger partial charge in [-0.1, -0.05) is 17.4 Å². The summed E-state index contributed by atoms with van der Waals surface area (Å²) in [5.74, 6) is 0.644. The van der Waals surface area contributed by atoms with Crippen molar-refractivity contribution in [2.75, 3.05) is 0 Å². The van der Waals surface area contributed by atoms with Crippen LogP contribution in [-0.2, 0) is 0 Å². The second kappa shape index (κ2) is 3.31. The summed E-state index contributed by atoms with van der Waals surface area (Å²) in [6.07, 6.45) is 0. The molecule has 0 aliphatic rings. The molecule has 3 rings (SSSR count). The number of rotatable bonds is 1. The summed E-state index contributed by atoms with van der Waals surface area (Å²) in [5.41, 5.74) is 3.31. The first kappa shape index (κ1) is 9.35. The molecule has 0 bridgehead atoms. The monoisotopic (exact) mass is 232 g/mol. The zero-order valence-electron chi connectivity index (χ0n) is 8.48. The Morgan fingerprint density at radius 2 is 2.31 bits per heavy atom. The number of benzene rings is 1. The Bertz CT molecular complexity index is 708. The van der Waals surface area contributed by atoms with E-state index >= 15 is 0 Å². The van der Waals surface area contributed by atoms with E-state index in [-0.39, 0.29) is 4.87 Å². The van der Waals surface area contributed by atoms with Gasteiger partial charge in [-0.05, 0) is 12.1 Å². The maximum absolute atomic E-state index is 11.1. The quantitative estimate of drug-likeness (QED) is 0.701. The number of aromatic nitrogens is 2. The second-order valence-electron chi connectivity index (χ2n) is 3.48. The highest BCUT2D eigenvalue weighted by molar-refractivity contribution is 7.07. The Labute approximate surface area is 94.6 Å². The molecule has 0 amide bonds. The summed E-state index contributed by atoms with van der Waals surface area (Å²) < 4.78 is 5.44. The van der Waals surface area contributed by atoms with E-state index in [9.17, 15) is 4.79 Å². The van der Waals surface area contributed by atoms with Crippen LogP contribution < -0.4 is 4.87 Å². The number of oxazole rings is 1. The normalized spacial score (nSPS) is 11.1. The molecule has 80 valence electrons. The van der Waals surface area contributed by atoms with Gasteiger partial charge < -0.3 is 9.40 Å². The van der Waals surface area contributed by atoms with Crippen molar-refractivity contribution in [2.24, 2.45) is 0 Å². The summed E-state index contributed by atoms with van der Waals surface area (Å²) >= 11 is 1.15. The predicted octanol–water partition coefficient (Wildman–Crippen LogP) is 2.55. The summed E-state index contributed by atoms with van der Waals surface area (Å²) in [4.78, 5) is 18.0. The van der Waals surface area contributed by atoms with E-state index in [4.69, 9.17) is 4.42 Å². The molecule has 0 atom stereocenters. The fourth-order valence-electron chi connectivity index (χ4n) is 1.63. The molecule has 16 heavy (non-hydrogen) atoms. The minimum absolute atomic E-state index is 0.0520. The van der Waals surface area contributed by atoms with Crippen LogP contribution >= 0.6 is 11.3 Å². The summed E-state index contributed by atoms with van der Waals surface area (Å²) in [5, 5.41) is 1.80.